The maximum atomic E-state index is 5.39. The van der Waals surface area contributed by atoms with Crippen molar-refractivity contribution < 1.29 is 0 Å². The summed E-state index contributed by atoms with van der Waals surface area (Å²) in [6.45, 7) is 2.54. The van der Waals surface area contributed by atoms with Crippen LogP contribution in [0.15, 0.2) is 42.5 Å². The standard InChI is InChI=1S/C15H15N/c1-12(6-5-11-16)14-10-4-8-13-7-2-3-9-15(13)14/h2-4,7-10,12H,11,16H2,1H3/t12-/m1/s1. The van der Waals surface area contributed by atoms with E-state index in [4.69, 9.17) is 5.73 Å². The average Bonchev–Trinajstić information content (AvgIpc) is 2.35. The summed E-state index contributed by atoms with van der Waals surface area (Å²) in [5.74, 6) is 6.34. The van der Waals surface area contributed by atoms with Gasteiger partial charge >= 0.3 is 0 Å². The number of hydrogen-bond acceptors (Lipinski definition) is 1. The van der Waals surface area contributed by atoms with E-state index in [0.29, 0.717) is 6.54 Å². The largest absolute Gasteiger partial charge is 0.320 e. The Hall–Kier alpha value is -1.78. The third-order valence-electron chi connectivity index (χ3n) is 2.71. The van der Waals surface area contributed by atoms with Crippen molar-refractivity contribution in [3.05, 3.63) is 48.0 Å². The molecule has 1 heteroatoms. The minimum atomic E-state index is 0.231. The van der Waals surface area contributed by atoms with Crippen LogP contribution in [0.25, 0.3) is 10.8 Å². The molecule has 0 aliphatic carbocycles. The Morgan fingerprint density at radius 3 is 2.69 bits per heavy atom. The number of rotatable bonds is 1. The minimum Gasteiger partial charge on any atom is -0.320 e. The first-order chi connectivity index (χ1) is 7.83. The van der Waals surface area contributed by atoms with Gasteiger partial charge in [-0.1, -0.05) is 54.3 Å². The Balaban J connectivity index is 2.52. The van der Waals surface area contributed by atoms with Crippen molar-refractivity contribution in [2.75, 3.05) is 6.54 Å². The molecule has 0 saturated carbocycles. The predicted molar refractivity (Wildman–Crippen MR) is 69.2 cm³/mol. The molecule has 2 N–H and O–H groups in total. The summed E-state index contributed by atoms with van der Waals surface area (Å²) in [4.78, 5) is 0. The smallest absolute Gasteiger partial charge is 0.0551 e. The molecule has 80 valence electrons. The van der Waals surface area contributed by atoms with Crippen LogP contribution in [-0.4, -0.2) is 6.54 Å². The molecule has 1 atom stereocenters. The van der Waals surface area contributed by atoms with Gasteiger partial charge in [0.15, 0.2) is 0 Å². The minimum absolute atomic E-state index is 0.231. The second-order valence-corrected chi connectivity index (χ2v) is 3.82. The summed E-state index contributed by atoms with van der Waals surface area (Å²) in [5, 5.41) is 2.55. The van der Waals surface area contributed by atoms with E-state index in [2.05, 4.69) is 61.2 Å². The Kier molecular flexibility index (Phi) is 3.24. The summed E-state index contributed by atoms with van der Waals surface area (Å²) in [5.41, 5.74) is 6.67. The third kappa shape index (κ3) is 2.08. The quantitative estimate of drug-likeness (QED) is 0.718. The van der Waals surface area contributed by atoms with Crippen molar-refractivity contribution in [2.45, 2.75) is 12.8 Å². The van der Waals surface area contributed by atoms with E-state index in [1.165, 1.54) is 16.3 Å². The maximum Gasteiger partial charge on any atom is 0.0551 e. The van der Waals surface area contributed by atoms with E-state index in [-0.39, 0.29) is 5.92 Å². The molecule has 0 aromatic heterocycles. The lowest BCUT2D eigenvalue weighted by Crippen LogP contribution is -1.96. The van der Waals surface area contributed by atoms with Gasteiger partial charge < -0.3 is 5.73 Å². The number of nitrogens with two attached hydrogens (primary N) is 1. The molecule has 2 aromatic carbocycles. The molecule has 16 heavy (non-hydrogen) atoms. The first-order valence-corrected chi connectivity index (χ1v) is 5.49. The molecule has 2 aromatic rings. The number of fused-ring (bicyclic) bond motifs is 1. The highest BCUT2D eigenvalue weighted by Gasteiger charge is 2.05. The Morgan fingerprint density at radius 2 is 1.88 bits per heavy atom. The summed E-state index contributed by atoms with van der Waals surface area (Å²) < 4.78 is 0. The SMILES string of the molecule is C[C@H](C#CCN)c1cccc2ccccc12. The highest BCUT2D eigenvalue weighted by Crippen LogP contribution is 2.24. The van der Waals surface area contributed by atoms with Crippen molar-refractivity contribution >= 4 is 10.8 Å². The van der Waals surface area contributed by atoms with Gasteiger partial charge in [-0.15, -0.1) is 0 Å². The first kappa shape index (κ1) is 10.7. The monoisotopic (exact) mass is 209 g/mol. The fraction of sp³-hybridized carbons (Fsp3) is 0.200. The van der Waals surface area contributed by atoms with Crippen LogP contribution in [0.4, 0.5) is 0 Å². The van der Waals surface area contributed by atoms with E-state index < -0.39 is 0 Å². The van der Waals surface area contributed by atoms with Crippen molar-refractivity contribution in [1.82, 2.24) is 0 Å². The summed E-state index contributed by atoms with van der Waals surface area (Å²) in [6, 6.07) is 14.7. The van der Waals surface area contributed by atoms with Gasteiger partial charge in [0.1, 0.15) is 0 Å². The van der Waals surface area contributed by atoms with Gasteiger partial charge in [-0.25, -0.2) is 0 Å². The molecule has 0 aliphatic heterocycles. The van der Waals surface area contributed by atoms with E-state index in [1.807, 2.05) is 0 Å². The van der Waals surface area contributed by atoms with Crippen molar-refractivity contribution in [2.24, 2.45) is 5.73 Å². The lowest BCUT2D eigenvalue weighted by molar-refractivity contribution is 1.02. The lowest BCUT2D eigenvalue weighted by Gasteiger charge is -2.08. The topological polar surface area (TPSA) is 26.0 Å². The van der Waals surface area contributed by atoms with Crippen LogP contribution in [0.1, 0.15) is 18.4 Å². The summed E-state index contributed by atoms with van der Waals surface area (Å²) in [7, 11) is 0. The second-order valence-electron chi connectivity index (χ2n) is 3.82. The third-order valence-corrected chi connectivity index (χ3v) is 2.71. The zero-order valence-corrected chi connectivity index (χ0v) is 9.40. The summed E-state index contributed by atoms with van der Waals surface area (Å²) >= 11 is 0. The fourth-order valence-electron chi connectivity index (χ4n) is 1.92. The Labute approximate surface area is 96.3 Å². The van der Waals surface area contributed by atoms with Crippen molar-refractivity contribution in [3.63, 3.8) is 0 Å². The van der Waals surface area contributed by atoms with Gasteiger partial charge in [-0.3, -0.25) is 0 Å². The first-order valence-electron chi connectivity index (χ1n) is 5.49. The van der Waals surface area contributed by atoms with Gasteiger partial charge in [0.05, 0.1) is 6.54 Å². The number of hydrogen-bond donors (Lipinski definition) is 1. The van der Waals surface area contributed by atoms with E-state index in [9.17, 15) is 0 Å². The molecule has 2 rings (SSSR count). The molecule has 0 heterocycles. The van der Waals surface area contributed by atoms with Crippen LogP contribution in [-0.2, 0) is 0 Å². The molecule has 0 amide bonds. The van der Waals surface area contributed by atoms with E-state index >= 15 is 0 Å². The fourth-order valence-corrected chi connectivity index (χ4v) is 1.92. The molecule has 1 nitrogen and oxygen atoms in total. The average molecular weight is 209 g/mol. The highest BCUT2D eigenvalue weighted by atomic mass is 14.5. The second kappa shape index (κ2) is 4.83. The van der Waals surface area contributed by atoms with Crippen molar-refractivity contribution in [1.29, 1.82) is 0 Å². The molecule has 0 aliphatic rings. The highest BCUT2D eigenvalue weighted by molar-refractivity contribution is 5.86. The van der Waals surface area contributed by atoms with Gasteiger partial charge in [0, 0.05) is 5.92 Å². The zero-order chi connectivity index (χ0) is 11.4. The predicted octanol–water partition coefficient (Wildman–Crippen LogP) is 2.91. The van der Waals surface area contributed by atoms with E-state index in [1.54, 1.807) is 0 Å². The van der Waals surface area contributed by atoms with E-state index in [0.717, 1.165) is 0 Å². The van der Waals surface area contributed by atoms with Gasteiger partial charge in [0.25, 0.3) is 0 Å². The molecule has 0 bridgehead atoms. The Bertz CT molecular complexity index is 541. The van der Waals surface area contributed by atoms with Crippen LogP contribution < -0.4 is 5.73 Å². The van der Waals surface area contributed by atoms with Crippen LogP contribution in [0.3, 0.4) is 0 Å². The van der Waals surface area contributed by atoms with Crippen molar-refractivity contribution in [3.8, 4) is 11.8 Å². The molecular formula is C15H15N. The normalized spacial score (nSPS) is 11.9. The Morgan fingerprint density at radius 1 is 1.12 bits per heavy atom. The maximum absolute atomic E-state index is 5.39. The number of benzene rings is 2. The van der Waals surface area contributed by atoms with Gasteiger partial charge in [0.2, 0.25) is 0 Å². The molecular weight excluding hydrogens is 194 g/mol. The molecule has 0 fully saturated rings. The van der Waals surface area contributed by atoms with Gasteiger partial charge in [-0.2, -0.15) is 0 Å². The van der Waals surface area contributed by atoms with Crippen LogP contribution in [0, 0.1) is 11.8 Å². The molecule has 0 radical (unpaired) electrons. The summed E-state index contributed by atoms with van der Waals surface area (Å²) in [6.07, 6.45) is 0. The van der Waals surface area contributed by atoms with Crippen LogP contribution in [0.5, 0.6) is 0 Å². The lowest BCUT2D eigenvalue weighted by atomic mass is 9.95. The van der Waals surface area contributed by atoms with Crippen LogP contribution in [0.2, 0.25) is 0 Å². The molecule has 0 spiro atoms. The molecule has 0 unspecified atom stereocenters. The van der Waals surface area contributed by atoms with Gasteiger partial charge in [-0.05, 0) is 23.3 Å². The van der Waals surface area contributed by atoms with Crippen LogP contribution >= 0.6 is 0 Å². The molecule has 0 saturated heterocycles. The zero-order valence-electron chi connectivity index (χ0n) is 9.40.